The summed E-state index contributed by atoms with van der Waals surface area (Å²) in [6.45, 7) is 1.52. The Balaban J connectivity index is 2.21. The lowest BCUT2D eigenvalue weighted by Gasteiger charge is -2.33. The molecular formula is C15H20F2N2O. The van der Waals surface area contributed by atoms with Crippen molar-refractivity contribution in [2.75, 3.05) is 7.05 Å². The SMILES string of the molecule is Cc1ccc(F)c(C(=O)N(C)C2CCC(N)CC2)c1F. The van der Waals surface area contributed by atoms with Gasteiger partial charge >= 0.3 is 0 Å². The number of aryl methyl sites for hydroxylation is 1. The molecule has 2 rings (SSSR count). The first kappa shape index (κ1) is 14.9. The smallest absolute Gasteiger partial charge is 0.259 e. The van der Waals surface area contributed by atoms with Crippen LogP contribution >= 0.6 is 0 Å². The third-order valence-corrected chi connectivity index (χ3v) is 4.11. The van der Waals surface area contributed by atoms with Gasteiger partial charge in [-0.3, -0.25) is 4.79 Å². The highest BCUT2D eigenvalue weighted by Crippen LogP contribution is 2.24. The minimum absolute atomic E-state index is 0.00149. The zero-order valence-corrected chi connectivity index (χ0v) is 11.8. The van der Waals surface area contributed by atoms with Crippen molar-refractivity contribution in [3.63, 3.8) is 0 Å². The molecule has 0 aliphatic heterocycles. The van der Waals surface area contributed by atoms with E-state index in [9.17, 15) is 13.6 Å². The number of hydrogen-bond donors (Lipinski definition) is 1. The zero-order valence-electron chi connectivity index (χ0n) is 11.8. The van der Waals surface area contributed by atoms with E-state index >= 15 is 0 Å². The molecule has 0 saturated heterocycles. The van der Waals surface area contributed by atoms with Crippen LogP contribution in [-0.2, 0) is 0 Å². The Morgan fingerprint density at radius 1 is 1.25 bits per heavy atom. The van der Waals surface area contributed by atoms with Gasteiger partial charge in [0.15, 0.2) is 0 Å². The van der Waals surface area contributed by atoms with Crippen LogP contribution in [0.25, 0.3) is 0 Å². The summed E-state index contributed by atoms with van der Waals surface area (Å²) >= 11 is 0. The fraction of sp³-hybridized carbons (Fsp3) is 0.533. The predicted molar refractivity (Wildman–Crippen MR) is 73.4 cm³/mol. The largest absolute Gasteiger partial charge is 0.339 e. The normalized spacial score (nSPS) is 22.6. The van der Waals surface area contributed by atoms with Gasteiger partial charge in [-0.2, -0.15) is 0 Å². The van der Waals surface area contributed by atoms with Gasteiger partial charge in [-0.1, -0.05) is 6.07 Å². The van der Waals surface area contributed by atoms with Gasteiger partial charge < -0.3 is 10.6 Å². The van der Waals surface area contributed by atoms with Gasteiger partial charge in [0.05, 0.1) is 0 Å². The highest BCUT2D eigenvalue weighted by atomic mass is 19.1. The van der Waals surface area contributed by atoms with Crippen LogP contribution in [0, 0.1) is 18.6 Å². The molecule has 1 amide bonds. The molecule has 2 N–H and O–H groups in total. The van der Waals surface area contributed by atoms with E-state index in [1.807, 2.05) is 0 Å². The predicted octanol–water partition coefficient (Wildman–Crippen LogP) is 2.62. The minimum Gasteiger partial charge on any atom is -0.339 e. The van der Waals surface area contributed by atoms with Crippen LogP contribution in [0.4, 0.5) is 8.78 Å². The number of carbonyl (C=O) groups excluding carboxylic acids is 1. The second kappa shape index (κ2) is 5.87. The molecule has 0 spiro atoms. The molecule has 1 fully saturated rings. The van der Waals surface area contributed by atoms with Crippen LogP contribution < -0.4 is 5.73 Å². The maximum atomic E-state index is 14.0. The summed E-state index contributed by atoms with van der Waals surface area (Å²) in [5.74, 6) is -2.17. The van der Waals surface area contributed by atoms with Gasteiger partial charge in [-0.05, 0) is 44.2 Å². The fourth-order valence-corrected chi connectivity index (χ4v) is 2.68. The molecule has 0 unspecified atom stereocenters. The number of halogens is 2. The molecule has 0 atom stereocenters. The van der Waals surface area contributed by atoms with E-state index < -0.39 is 23.1 Å². The number of benzene rings is 1. The highest BCUT2D eigenvalue weighted by Gasteiger charge is 2.29. The van der Waals surface area contributed by atoms with Crippen molar-refractivity contribution in [3.8, 4) is 0 Å². The molecule has 3 nitrogen and oxygen atoms in total. The molecule has 20 heavy (non-hydrogen) atoms. The lowest BCUT2D eigenvalue weighted by Crippen LogP contribution is -2.42. The third-order valence-electron chi connectivity index (χ3n) is 4.11. The molecule has 1 aromatic rings. The Morgan fingerprint density at radius 3 is 2.45 bits per heavy atom. The Bertz CT molecular complexity index is 511. The van der Waals surface area contributed by atoms with Crippen molar-refractivity contribution >= 4 is 5.91 Å². The second-order valence-corrected chi connectivity index (χ2v) is 5.54. The summed E-state index contributed by atoms with van der Waals surface area (Å²) in [5, 5.41) is 0. The standard InChI is InChI=1S/C15H20F2N2O/c1-9-3-8-12(16)13(14(9)17)15(20)19(2)11-6-4-10(18)5-7-11/h3,8,10-11H,4-7,18H2,1-2H3. The third kappa shape index (κ3) is 2.82. The molecule has 110 valence electrons. The summed E-state index contributed by atoms with van der Waals surface area (Å²) in [6, 6.07) is 2.64. The molecule has 0 bridgehead atoms. The van der Waals surface area contributed by atoms with Gasteiger partial charge in [0.25, 0.3) is 5.91 Å². The van der Waals surface area contributed by atoms with Crippen molar-refractivity contribution in [2.24, 2.45) is 5.73 Å². The molecule has 1 saturated carbocycles. The minimum atomic E-state index is -0.808. The Labute approximate surface area is 117 Å². The number of nitrogens with two attached hydrogens (primary N) is 1. The quantitative estimate of drug-likeness (QED) is 0.906. The summed E-state index contributed by atoms with van der Waals surface area (Å²) < 4.78 is 27.8. The summed E-state index contributed by atoms with van der Waals surface area (Å²) in [5.41, 5.74) is 5.64. The van der Waals surface area contributed by atoms with Gasteiger partial charge in [0.2, 0.25) is 0 Å². The first-order valence-corrected chi connectivity index (χ1v) is 6.89. The molecule has 0 aromatic heterocycles. The molecule has 1 aliphatic carbocycles. The van der Waals surface area contributed by atoms with Gasteiger partial charge in [-0.15, -0.1) is 0 Å². The van der Waals surface area contributed by atoms with Gasteiger partial charge in [0, 0.05) is 19.1 Å². The Hall–Kier alpha value is -1.49. The summed E-state index contributed by atoms with van der Waals surface area (Å²) in [4.78, 5) is 13.8. The molecular weight excluding hydrogens is 262 g/mol. The van der Waals surface area contributed by atoms with Crippen molar-refractivity contribution in [3.05, 3.63) is 34.9 Å². The number of nitrogens with zero attached hydrogens (tertiary/aromatic N) is 1. The van der Waals surface area contributed by atoms with Gasteiger partial charge in [0.1, 0.15) is 17.2 Å². The highest BCUT2D eigenvalue weighted by molar-refractivity contribution is 5.95. The van der Waals surface area contributed by atoms with Crippen LogP contribution in [0.2, 0.25) is 0 Å². The lowest BCUT2D eigenvalue weighted by molar-refractivity contribution is 0.0680. The van der Waals surface area contributed by atoms with E-state index in [1.165, 1.54) is 17.9 Å². The average molecular weight is 282 g/mol. The van der Waals surface area contributed by atoms with Crippen LogP contribution in [-0.4, -0.2) is 29.9 Å². The van der Waals surface area contributed by atoms with E-state index in [-0.39, 0.29) is 17.6 Å². The Kier molecular flexibility index (Phi) is 4.38. The zero-order chi connectivity index (χ0) is 14.9. The van der Waals surface area contributed by atoms with Crippen LogP contribution in [0.3, 0.4) is 0 Å². The molecule has 5 heteroatoms. The van der Waals surface area contributed by atoms with E-state index in [4.69, 9.17) is 5.73 Å². The number of carbonyl (C=O) groups is 1. The van der Waals surface area contributed by atoms with Crippen LogP contribution in [0.1, 0.15) is 41.6 Å². The lowest BCUT2D eigenvalue weighted by atomic mass is 9.90. The van der Waals surface area contributed by atoms with Crippen molar-refractivity contribution in [1.29, 1.82) is 0 Å². The number of amides is 1. The van der Waals surface area contributed by atoms with E-state index in [1.54, 1.807) is 7.05 Å². The Morgan fingerprint density at radius 2 is 1.85 bits per heavy atom. The summed E-state index contributed by atoms with van der Waals surface area (Å²) in [6.07, 6.45) is 3.22. The van der Waals surface area contributed by atoms with Crippen molar-refractivity contribution < 1.29 is 13.6 Å². The average Bonchev–Trinajstić information content (AvgIpc) is 2.43. The van der Waals surface area contributed by atoms with Crippen molar-refractivity contribution in [1.82, 2.24) is 4.90 Å². The second-order valence-electron chi connectivity index (χ2n) is 5.54. The molecule has 1 aliphatic rings. The van der Waals surface area contributed by atoms with Gasteiger partial charge in [-0.25, -0.2) is 8.78 Å². The van der Waals surface area contributed by atoms with Crippen LogP contribution in [0.5, 0.6) is 0 Å². The van der Waals surface area contributed by atoms with Crippen molar-refractivity contribution in [2.45, 2.75) is 44.7 Å². The maximum absolute atomic E-state index is 14.0. The molecule has 0 radical (unpaired) electrons. The number of hydrogen-bond acceptors (Lipinski definition) is 2. The first-order chi connectivity index (χ1) is 9.41. The fourth-order valence-electron chi connectivity index (χ4n) is 2.68. The first-order valence-electron chi connectivity index (χ1n) is 6.89. The molecule has 0 heterocycles. The molecule has 1 aromatic carbocycles. The van der Waals surface area contributed by atoms with E-state index in [0.717, 1.165) is 31.7 Å². The number of rotatable bonds is 2. The van der Waals surface area contributed by atoms with Crippen LogP contribution in [0.15, 0.2) is 12.1 Å². The van der Waals surface area contributed by atoms with E-state index in [0.29, 0.717) is 0 Å². The maximum Gasteiger partial charge on any atom is 0.259 e. The van der Waals surface area contributed by atoms with E-state index in [2.05, 4.69) is 0 Å². The monoisotopic (exact) mass is 282 g/mol. The summed E-state index contributed by atoms with van der Waals surface area (Å²) in [7, 11) is 1.60. The topological polar surface area (TPSA) is 46.3 Å².